The van der Waals surface area contributed by atoms with E-state index in [4.69, 9.17) is 4.74 Å². The summed E-state index contributed by atoms with van der Waals surface area (Å²) in [6.07, 6.45) is 4.04. The molecule has 0 aliphatic rings. The van der Waals surface area contributed by atoms with Gasteiger partial charge < -0.3 is 4.74 Å². The van der Waals surface area contributed by atoms with E-state index in [0.717, 1.165) is 12.0 Å². The topological polar surface area (TPSA) is 26.3 Å². The molecule has 0 unspecified atom stereocenters. The second-order valence-corrected chi connectivity index (χ2v) is 4.19. The van der Waals surface area contributed by atoms with Crippen LogP contribution in [0, 0.1) is 0 Å². The first-order chi connectivity index (χ1) is 9.34. The highest BCUT2D eigenvalue weighted by Crippen LogP contribution is 2.02. The first kappa shape index (κ1) is 13.1. The Hall–Kier alpha value is -2.35. The van der Waals surface area contributed by atoms with Gasteiger partial charge in [0.25, 0.3) is 0 Å². The van der Waals surface area contributed by atoms with Gasteiger partial charge in [0.2, 0.25) is 0 Å². The lowest BCUT2D eigenvalue weighted by Crippen LogP contribution is -2.00. The average Bonchev–Trinajstić information content (AvgIpc) is 2.47. The molecule has 2 aromatic rings. The predicted molar refractivity (Wildman–Crippen MR) is 75.5 cm³/mol. The summed E-state index contributed by atoms with van der Waals surface area (Å²) in [5, 5.41) is 0. The molecular formula is C17H16O2. The molecule has 0 heterocycles. The summed E-state index contributed by atoms with van der Waals surface area (Å²) in [5.74, 6) is -0.306. The quantitative estimate of drug-likeness (QED) is 0.601. The van der Waals surface area contributed by atoms with Gasteiger partial charge in [-0.15, -0.1) is 0 Å². The number of ether oxygens (including phenoxy) is 1. The molecule has 0 saturated carbocycles. The van der Waals surface area contributed by atoms with E-state index in [1.807, 2.05) is 66.7 Å². The molecule has 0 amide bonds. The molecule has 0 saturated heterocycles. The van der Waals surface area contributed by atoms with Crippen LogP contribution in [0.3, 0.4) is 0 Å². The second kappa shape index (κ2) is 7.17. The molecule has 0 atom stereocenters. The maximum atomic E-state index is 11.5. The number of benzene rings is 2. The lowest BCUT2D eigenvalue weighted by Gasteiger charge is -2.01. The van der Waals surface area contributed by atoms with Gasteiger partial charge in [-0.3, -0.25) is 0 Å². The molecule has 0 aliphatic carbocycles. The smallest absolute Gasteiger partial charge is 0.330 e. The molecule has 0 bridgehead atoms. The number of allylic oxidation sites excluding steroid dienone is 1. The number of esters is 1. The maximum Gasteiger partial charge on any atom is 0.330 e. The highest BCUT2D eigenvalue weighted by Gasteiger charge is 1.97. The van der Waals surface area contributed by atoms with Crippen molar-refractivity contribution in [2.24, 2.45) is 0 Å². The van der Waals surface area contributed by atoms with Gasteiger partial charge in [0.05, 0.1) is 0 Å². The van der Waals surface area contributed by atoms with Crippen LogP contribution >= 0.6 is 0 Å². The number of hydrogen-bond acceptors (Lipinski definition) is 2. The van der Waals surface area contributed by atoms with E-state index in [1.165, 1.54) is 11.6 Å². The Morgan fingerprint density at radius 1 is 0.895 bits per heavy atom. The van der Waals surface area contributed by atoms with Gasteiger partial charge in [0, 0.05) is 6.08 Å². The van der Waals surface area contributed by atoms with Gasteiger partial charge in [0.15, 0.2) is 0 Å². The van der Waals surface area contributed by atoms with Crippen LogP contribution in [0.25, 0.3) is 0 Å². The van der Waals surface area contributed by atoms with E-state index < -0.39 is 0 Å². The van der Waals surface area contributed by atoms with Crippen LogP contribution in [0.5, 0.6) is 0 Å². The highest BCUT2D eigenvalue weighted by molar-refractivity contribution is 5.81. The van der Waals surface area contributed by atoms with Crippen molar-refractivity contribution >= 4 is 5.97 Å². The molecular weight excluding hydrogens is 236 g/mol. The molecule has 0 radical (unpaired) electrons. The number of carbonyl (C=O) groups is 1. The minimum Gasteiger partial charge on any atom is -0.458 e. The molecule has 0 aliphatic heterocycles. The van der Waals surface area contributed by atoms with Gasteiger partial charge in [-0.1, -0.05) is 66.7 Å². The molecule has 2 heteroatoms. The van der Waals surface area contributed by atoms with Gasteiger partial charge in [-0.05, 0) is 17.5 Å². The second-order valence-electron chi connectivity index (χ2n) is 4.19. The van der Waals surface area contributed by atoms with Crippen molar-refractivity contribution in [2.75, 3.05) is 0 Å². The summed E-state index contributed by atoms with van der Waals surface area (Å²) in [6.45, 7) is 0.315. The molecule has 2 nitrogen and oxygen atoms in total. The van der Waals surface area contributed by atoms with Crippen LogP contribution < -0.4 is 0 Å². The molecule has 0 N–H and O–H groups in total. The fraction of sp³-hybridized carbons (Fsp3) is 0.118. The van der Waals surface area contributed by atoms with Gasteiger partial charge in [-0.2, -0.15) is 0 Å². The first-order valence-corrected chi connectivity index (χ1v) is 6.26. The standard InChI is InChI=1S/C17H16O2/c18-17(19-14-16-10-5-2-6-11-16)13-7-12-15-8-3-1-4-9-15/h1-11,13H,12,14H2. The van der Waals surface area contributed by atoms with E-state index in [0.29, 0.717) is 6.61 Å². The summed E-state index contributed by atoms with van der Waals surface area (Å²) in [7, 11) is 0. The zero-order chi connectivity index (χ0) is 13.3. The van der Waals surface area contributed by atoms with Crippen molar-refractivity contribution in [3.05, 3.63) is 83.9 Å². The SMILES string of the molecule is O=C(C=CCc1ccccc1)OCc1ccccc1. The summed E-state index contributed by atoms with van der Waals surface area (Å²) in [4.78, 5) is 11.5. The molecule has 2 rings (SSSR count). The van der Waals surface area contributed by atoms with Crippen molar-refractivity contribution in [3.8, 4) is 0 Å². The number of rotatable bonds is 5. The Morgan fingerprint density at radius 3 is 2.11 bits per heavy atom. The molecule has 19 heavy (non-hydrogen) atoms. The predicted octanol–water partition coefficient (Wildman–Crippen LogP) is 3.53. The zero-order valence-electron chi connectivity index (χ0n) is 10.7. The van der Waals surface area contributed by atoms with E-state index >= 15 is 0 Å². The lowest BCUT2D eigenvalue weighted by molar-refractivity contribution is -0.139. The number of carbonyl (C=O) groups excluding carboxylic acids is 1. The number of hydrogen-bond donors (Lipinski definition) is 0. The molecule has 0 spiro atoms. The van der Waals surface area contributed by atoms with Crippen molar-refractivity contribution in [1.29, 1.82) is 0 Å². The fourth-order valence-corrected chi connectivity index (χ4v) is 1.68. The summed E-state index contributed by atoms with van der Waals surface area (Å²) in [5.41, 5.74) is 2.17. The highest BCUT2D eigenvalue weighted by atomic mass is 16.5. The van der Waals surface area contributed by atoms with Crippen LogP contribution in [0.2, 0.25) is 0 Å². The summed E-state index contributed by atoms with van der Waals surface area (Å²) >= 11 is 0. The molecule has 2 aromatic carbocycles. The Kier molecular flexibility index (Phi) is 4.94. The normalized spacial score (nSPS) is 10.5. The van der Waals surface area contributed by atoms with E-state index in [1.54, 1.807) is 0 Å². The van der Waals surface area contributed by atoms with Crippen LogP contribution in [-0.4, -0.2) is 5.97 Å². The van der Waals surface area contributed by atoms with Crippen LogP contribution in [0.15, 0.2) is 72.8 Å². The van der Waals surface area contributed by atoms with E-state index in [-0.39, 0.29) is 5.97 Å². The molecule has 0 aromatic heterocycles. The minimum atomic E-state index is -0.306. The third kappa shape index (κ3) is 4.80. The third-order valence-corrected chi connectivity index (χ3v) is 2.67. The maximum absolute atomic E-state index is 11.5. The van der Waals surface area contributed by atoms with Gasteiger partial charge >= 0.3 is 5.97 Å². The third-order valence-electron chi connectivity index (χ3n) is 2.67. The monoisotopic (exact) mass is 252 g/mol. The lowest BCUT2D eigenvalue weighted by atomic mass is 10.1. The fourth-order valence-electron chi connectivity index (χ4n) is 1.68. The molecule has 0 fully saturated rings. The summed E-state index contributed by atoms with van der Waals surface area (Å²) in [6, 6.07) is 19.6. The van der Waals surface area contributed by atoms with Crippen molar-refractivity contribution in [3.63, 3.8) is 0 Å². The Balaban J connectivity index is 1.75. The van der Waals surface area contributed by atoms with Crippen molar-refractivity contribution in [2.45, 2.75) is 13.0 Å². The average molecular weight is 252 g/mol. The minimum absolute atomic E-state index is 0.306. The molecule has 96 valence electrons. The zero-order valence-corrected chi connectivity index (χ0v) is 10.7. The first-order valence-electron chi connectivity index (χ1n) is 6.26. The Morgan fingerprint density at radius 2 is 1.47 bits per heavy atom. The largest absolute Gasteiger partial charge is 0.458 e. The van der Waals surface area contributed by atoms with Crippen LogP contribution in [0.1, 0.15) is 11.1 Å². The van der Waals surface area contributed by atoms with Crippen molar-refractivity contribution < 1.29 is 9.53 Å². The van der Waals surface area contributed by atoms with Gasteiger partial charge in [0.1, 0.15) is 6.61 Å². The Labute approximate surface area is 113 Å². The van der Waals surface area contributed by atoms with Crippen molar-refractivity contribution in [1.82, 2.24) is 0 Å². The Bertz CT molecular complexity index is 530. The van der Waals surface area contributed by atoms with Crippen LogP contribution in [-0.2, 0) is 22.6 Å². The van der Waals surface area contributed by atoms with E-state index in [2.05, 4.69) is 0 Å². The van der Waals surface area contributed by atoms with Crippen LogP contribution in [0.4, 0.5) is 0 Å². The van der Waals surface area contributed by atoms with E-state index in [9.17, 15) is 4.79 Å². The summed E-state index contributed by atoms with van der Waals surface area (Å²) < 4.78 is 5.14. The van der Waals surface area contributed by atoms with Gasteiger partial charge in [-0.25, -0.2) is 4.79 Å².